The van der Waals surface area contributed by atoms with Crippen LogP contribution in [0.1, 0.15) is 45.5 Å². The molecule has 0 spiro atoms. The highest BCUT2D eigenvalue weighted by atomic mass is 16.5. The number of aromatic nitrogens is 2. The average molecular weight is 888 g/mol. The number of carbonyl (C=O) groups is 5. The maximum atomic E-state index is 14.7. The van der Waals surface area contributed by atoms with Gasteiger partial charge in [-0.25, -0.2) is 9.59 Å². The molecule has 0 saturated heterocycles. The highest BCUT2D eigenvalue weighted by Gasteiger charge is 2.33. The number of benzene rings is 5. The number of phenols is 1. The first-order valence-electron chi connectivity index (χ1n) is 21.3. The van der Waals surface area contributed by atoms with Gasteiger partial charge < -0.3 is 44.9 Å². The van der Waals surface area contributed by atoms with Gasteiger partial charge in [-0.2, -0.15) is 0 Å². The average Bonchev–Trinajstić information content (AvgIpc) is 3.94. The minimum Gasteiger partial charge on any atom is -0.508 e. The lowest BCUT2D eigenvalue weighted by molar-refractivity contribution is -0.150. The summed E-state index contributed by atoms with van der Waals surface area (Å²) in [6.45, 7) is -0.0896. The van der Waals surface area contributed by atoms with Crippen molar-refractivity contribution in [2.45, 2.75) is 57.0 Å². The van der Waals surface area contributed by atoms with Crippen LogP contribution in [0, 0.1) is 0 Å². The fourth-order valence-electron chi connectivity index (χ4n) is 7.65. The van der Waals surface area contributed by atoms with Crippen LogP contribution >= 0.6 is 0 Å². The Morgan fingerprint density at radius 2 is 1.14 bits per heavy atom. The van der Waals surface area contributed by atoms with Gasteiger partial charge in [-0.1, -0.05) is 97.1 Å². The summed E-state index contributed by atoms with van der Waals surface area (Å²) in [6.07, 6.45) is 2.85. The molecule has 6 N–H and O–H groups in total. The second kappa shape index (κ2) is 20.4. The number of amides is 3. The quantitative estimate of drug-likeness (QED) is 0.0418. The van der Waals surface area contributed by atoms with E-state index in [0.29, 0.717) is 22.1 Å². The molecule has 334 valence electrons. The predicted molar refractivity (Wildman–Crippen MR) is 245 cm³/mol. The Morgan fingerprint density at radius 3 is 1.74 bits per heavy atom. The van der Waals surface area contributed by atoms with E-state index in [1.807, 2.05) is 84.9 Å². The topological polar surface area (TPSA) is 222 Å². The normalized spacial score (nSPS) is 12.5. The summed E-state index contributed by atoms with van der Waals surface area (Å²) in [5.74, 6) is -4.03. The van der Waals surface area contributed by atoms with E-state index in [1.54, 1.807) is 36.7 Å². The number of hydrogen-bond donors (Lipinski definition) is 6. The molecule has 15 nitrogen and oxygen atoms in total. The molecular formula is C51H45N5O10. The van der Waals surface area contributed by atoms with Crippen LogP contribution in [0.4, 0.5) is 0 Å². The zero-order valence-electron chi connectivity index (χ0n) is 35.5. The first-order chi connectivity index (χ1) is 32.1. The number of nitrogens with one attached hydrogen (secondary N) is 5. The number of aromatic amines is 2. The fourth-order valence-corrected chi connectivity index (χ4v) is 7.65. The third kappa shape index (κ3) is 10.8. The zero-order chi connectivity index (χ0) is 46.0. The number of esters is 2. The van der Waals surface area contributed by atoms with E-state index in [2.05, 4.69) is 25.9 Å². The molecule has 5 aromatic carbocycles. The Hall–Kier alpha value is -8.46. The third-order valence-electron chi connectivity index (χ3n) is 11.1. The lowest BCUT2D eigenvalue weighted by atomic mass is 10.0. The molecule has 0 aliphatic heterocycles. The highest BCUT2D eigenvalue weighted by molar-refractivity contribution is 6.01. The molecule has 0 saturated carbocycles. The number of carbonyl (C=O) groups excluding carboxylic acids is 5. The van der Waals surface area contributed by atoms with Crippen molar-refractivity contribution in [3.05, 3.63) is 184 Å². The molecule has 8 aromatic rings. The smallest absolute Gasteiger partial charge is 0.349 e. The van der Waals surface area contributed by atoms with Crippen LogP contribution in [0.2, 0.25) is 0 Å². The maximum Gasteiger partial charge on any atom is 0.349 e. The van der Waals surface area contributed by atoms with Crippen LogP contribution in [0.15, 0.2) is 155 Å². The van der Waals surface area contributed by atoms with Crippen LogP contribution < -0.4 is 21.6 Å². The van der Waals surface area contributed by atoms with Crippen LogP contribution in [-0.4, -0.2) is 62.9 Å². The summed E-state index contributed by atoms with van der Waals surface area (Å²) in [4.78, 5) is 89.5. The molecule has 66 heavy (non-hydrogen) atoms. The summed E-state index contributed by atoms with van der Waals surface area (Å²) in [7, 11) is 0. The zero-order valence-corrected chi connectivity index (χ0v) is 35.5. The summed E-state index contributed by atoms with van der Waals surface area (Å²) in [6, 6.07) is 34.2. The van der Waals surface area contributed by atoms with Gasteiger partial charge in [0.05, 0.1) is 0 Å². The first-order valence-corrected chi connectivity index (χ1v) is 21.3. The van der Waals surface area contributed by atoms with Gasteiger partial charge in [0, 0.05) is 64.9 Å². The number of aromatic hydroxyl groups is 1. The van der Waals surface area contributed by atoms with E-state index in [9.17, 15) is 33.9 Å². The van der Waals surface area contributed by atoms with Crippen molar-refractivity contribution in [1.29, 1.82) is 0 Å². The van der Waals surface area contributed by atoms with Crippen molar-refractivity contribution in [2.75, 3.05) is 0 Å². The van der Waals surface area contributed by atoms with Gasteiger partial charge in [0.25, 0.3) is 5.91 Å². The lowest BCUT2D eigenvalue weighted by Gasteiger charge is -2.25. The van der Waals surface area contributed by atoms with Crippen LogP contribution in [0.25, 0.3) is 32.8 Å². The molecule has 0 bridgehead atoms. The highest BCUT2D eigenvalue weighted by Crippen LogP contribution is 2.23. The van der Waals surface area contributed by atoms with Gasteiger partial charge >= 0.3 is 17.6 Å². The maximum absolute atomic E-state index is 14.7. The second-order valence-electron chi connectivity index (χ2n) is 15.7. The van der Waals surface area contributed by atoms with Crippen molar-refractivity contribution in [2.24, 2.45) is 0 Å². The van der Waals surface area contributed by atoms with E-state index >= 15 is 0 Å². The summed E-state index contributed by atoms with van der Waals surface area (Å²) in [5.41, 5.74) is 3.02. The number of H-pyrrole nitrogens is 2. The number of para-hydroxylation sites is 2. The van der Waals surface area contributed by atoms with E-state index in [-0.39, 0.29) is 50.2 Å². The molecule has 15 heteroatoms. The van der Waals surface area contributed by atoms with E-state index in [0.717, 1.165) is 27.4 Å². The number of phenolic OH excluding ortho intramolecular Hbond substituents is 1. The molecule has 3 atom stereocenters. The van der Waals surface area contributed by atoms with Gasteiger partial charge in [0.15, 0.2) is 0 Å². The Kier molecular flexibility index (Phi) is 13.6. The largest absolute Gasteiger partial charge is 0.508 e. The predicted octanol–water partition coefficient (Wildman–Crippen LogP) is 6.28. The summed E-state index contributed by atoms with van der Waals surface area (Å²) in [5, 5.41) is 20.1. The second-order valence-corrected chi connectivity index (χ2v) is 15.7. The van der Waals surface area contributed by atoms with Gasteiger partial charge in [0.1, 0.15) is 48.2 Å². The Balaban J connectivity index is 1.08. The van der Waals surface area contributed by atoms with Gasteiger partial charge in [0.2, 0.25) is 11.8 Å². The lowest BCUT2D eigenvalue weighted by Crippen LogP contribution is -2.57. The summed E-state index contributed by atoms with van der Waals surface area (Å²) >= 11 is 0. The van der Waals surface area contributed by atoms with Gasteiger partial charge in [-0.05, 0) is 59.0 Å². The molecule has 0 fully saturated rings. The van der Waals surface area contributed by atoms with Crippen LogP contribution in [0.5, 0.6) is 5.75 Å². The van der Waals surface area contributed by atoms with Crippen molar-refractivity contribution in [1.82, 2.24) is 25.9 Å². The first kappa shape index (κ1) is 44.2. The van der Waals surface area contributed by atoms with E-state index < -0.39 is 59.0 Å². The third-order valence-corrected chi connectivity index (χ3v) is 11.1. The molecule has 0 aliphatic carbocycles. The molecular weight excluding hydrogens is 843 g/mol. The molecule has 3 amide bonds. The Labute approximate surface area is 377 Å². The molecule has 0 aliphatic rings. The number of fused-ring (bicyclic) bond motifs is 3. The summed E-state index contributed by atoms with van der Waals surface area (Å²) < 4.78 is 16.5. The molecule has 0 unspecified atom stereocenters. The van der Waals surface area contributed by atoms with Crippen LogP contribution in [-0.2, 0) is 54.7 Å². The van der Waals surface area contributed by atoms with E-state index in [1.165, 1.54) is 24.3 Å². The monoisotopic (exact) mass is 887 g/mol. The van der Waals surface area contributed by atoms with Gasteiger partial charge in [-0.15, -0.1) is 0 Å². The number of hydrogen-bond acceptors (Lipinski definition) is 10. The van der Waals surface area contributed by atoms with Gasteiger partial charge in [-0.3, -0.25) is 19.2 Å². The molecule has 8 rings (SSSR count). The van der Waals surface area contributed by atoms with Crippen molar-refractivity contribution < 1.29 is 43.0 Å². The Bertz CT molecular complexity index is 3090. The fraction of sp³-hybridized carbons (Fsp3) is 0.176. The van der Waals surface area contributed by atoms with Crippen LogP contribution in [0.3, 0.4) is 0 Å². The number of rotatable bonds is 18. The standard InChI is InChI=1S/C51H45N5O10/c57-36-20-19-33-23-39(50(62)66-45(33)26-36)47(59)55-43(24-34-27-52-40-17-9-7-15-37(34)40)49(61)56-44(25-35-28-53-41-18-10-8-16-38(35)41)48(60)54-42(51(63)65-30-32-13-5-2-6-14-32)21-22-46(58)64-29-31-11-3-1-4-12-31/h1-20,23,26-28,42-44,52-53,57H,21-22,24-25,29-30H2,(H,54,60)(H,55,59)(H,56,61)/t42-,43-,44-/m0/s1. The van der Waals surface area contributed by atoms with Crippen molar-refractivity contribution >= 4 is 62.4 Å². The van der Waals surface area contributed by atoms with E-state index in [4.69, 9.17) is 13.9 Å². The SMILES string of the molecule is O=C(CC[C@H](NC(=O)[C@H](Cc1c[nH]c2ccccc12)NC(=O)[C@H](Cc1c[nH]c2ccccc12)NC(=O)c1cc2ccc(O)cc2oc1=O)C(=O)OCc1ccccc1)OCc1ccccc1. The molecule has 0 radical (unpaired) electrons. The van der Waals surface area contributed by atoms with Crippen molar-refractivity contribution in [3.63, 3.8) is 0 Å². The number of ether oxygens (including phenoxy) is 2. The molecule has 3 aromatic heterocycles. The molecule has 3 heterocycles. The minimum absolute atomic E-state index is 0.0143. The minimum atomic E-state index is -1.36. The van der Waals surface area contributed by atoms with Crippen molar-refractivity contribution in [3.8, 4) is 5.75 Å². The Morgan fingerprint density at radius 1 is 0.606 bits per heavy atom.